The molecule has 0 aliphatic carbocycles. The molecule has 0 aromatic rings. The third-order valence-corrected chi connectivity index (χ3v) is 10.3. The molecule has 0 heterocycles. The standard InChI is InChI=1S/C44H87NO4/c1-3-5-7-9-11-13-15-17-18-19-20-21-22-23-24-25-26-27-29-31-33-35-37-41(47)39-44(49)45-42(40-46)43(48)38-36-34-32-30-28-16-14-12-10-8-6-4-2/h23-24,41-43,46-48H,3-22,25-40H2,1-2H3,(H,45,49)/b24-23-. The zero-order valence-corrected chi connectivity index (χ0v) is 33.1. The second-order valence-electron chi connectivity index (χ2n) is 15.3. The molecule has 1 amide bonds. The normalized spacial score (nSPS) is 13.7. The number of rotatable bonds is 40. The third kappa shape index (κ3) is 36.7. The van der Waals surface area contributed by atoms with Crippen LogP contribution in [0.2, 0.25) is 0 Å². The first-order valence-electron chi connectivity index (χ1n) is 22.0. The maximum Gasteiger partial charge on any atom is 0.222 e. The maximum absolute atomic E-state index is 12.4. The molecule has 5 heteroatoms. The van der Waals surface area contributed by atoms with Gasteiger partial charge in [0.25, 0.3) is 0 Å². The van der Waals surface area contributed by atoms with Crippen LogP contribution < -0.4 is 5.32 Å². The van der Waals surface area contributed by atoms with Crippen molar-refractivity contribution in [3.8, 4) is 0 Å². The van der Waals surface area contributed by atoms with Gasteiger partial charge in [0.05, 0.1) is 31.3 Å². The van der Waals surface area contributed by atoms with Crippen molar-refractivity contribution in [1.82, 2.24) is 5.32 Å². The van der Waals surface area contributed by atoms with Crippen molar-refractivity contribution in [2.24, 2.45) is 0 Å². The Labute approximate surface area is 306 Å². The van der Waals surface area contributed by atoms with Crippen LogP contribution in [-0.2, 0) is 4.79 Å². The second-order valence-corrected chi connectivity index (χ2v) is 15.3. The predicted molar refractivity (Wildman–Crippen MR) is 213 cm³/mol. The van der Waals surface area contributed by atoms with Gasteiger partial charge in [-0.2, -0.15) is 0 Å². The molecule has 4 N–H and O–H groups in total. The van der Waals surface area contributed by atoms with Gasteiger partial charge in [-0.05, 0) is 38.5 Å². The molecular formula is C44H87NO4. The van der Waals surface area contributed by atoms with E-state index in [1.165, 1.54) is 180 Å². The van der Waals surface area contributed by atoms with Crippen molar-refractivity contribution >= 4 is 5.91 Å². The van der Waals surface area contributed by atoms with E-state index in [9.17, 15) is 20.1 Å². The Morgan fingerprint density at radius 2 is 0.816 bits per heavy atom. The fourth-order valence-corrected chi connectivity index (χ4v) is 6.93. The van der Waals surface area contributed by atoms with E-state index in [2.05, 4.69) is 31.3 Å². The van der Waals surface area contributed by atoms with Crippen LogP contribution in [0.3, 0.4) is 0 Å². The third-order valence-electron chi connectivity index (χ3n) is 10.3. The number of allylic oxidation sites excluding steroid dienone is 2. The van der Waals surface area contributed by atoms with E-state index in [1.807, 2.05) is 0 Å². The van der Waals surface area contributed by atoms with Crippen molar-refractivity contribution in [2.45, 2.75) is 257 Å². The molecule has 3 unspecified atom stereocenters. The highest BCUT2D eigenvalue weighted by Gasteiger charge is 2.21. The smallest absolute Gasteiger partial charge is 0.222 e. The first-order chi connectivity index (χ1) is 24.0. The summed E-state index contributed by atoms with van der Waals surface area (Å²) in [4.78, 5) is 12.4. The Morgan fingerprint density at radius 1 is 0.490 bits per heavy atom. The number of hydrogen-bond acceptors (Lipinski definition) is 4. The Bertz CT molecular complexity index is 684. The minimum absolute atomic E-state index is 0.0351. The fourth-order valence-electron chi connectivity index (χ4n) is 6.93. The number of carbonyl (C=O) groups is 1. The van der Waals surface area contributed by atoms with Gasteiger partial charge in [0, 0.05) is 0 Å². The van der Waals surface area contributed by atoms with Crippen LogP contribution in [0.1, 0.15) is 239 Å². The Hall–Kier alpha value is -0.910. The average Bonchev–Trinajstić information content (AvgIpc) is 3.09. The lowest BCUT2D eigenvalue weighted by molar-refractivity contribution is -0.125. The number of amides is 1. The first kappa shape index (κ1) is 48.1. The summed E-state index contributed by atoms with van der Waals surface area (Å²) in [6.07, 6.45) is 46.1. The van der Waals surface area contributed by atoms with Crippen LogP contribution in [0.15, 0.2) is 12.2 Å². The summed E-state index contributed by atoms with van der Waals surface area (Å²) >= 11 is 0. The van der Waals surface area contributed by atoms with Gasteiger partial charge in [-0.15, -0.1) is 0 Å². The lowest BCUT2D eigenvalue weighted by Gasteiger charge is -2.23. The SMILES string of the molecule is CCCCCCCCCCCCCC/C=C\CCCCCCCCC(O)CC(=O)NC(CO)C(O)CCCCCCCCCCCCCC. The van der Waals surface area contributed by atoms with E-state index in [-0.39, 0.29) is 18.9 Å². The van der Waals surface area contributed by atoms with Gasteiger partial charge in [0.15, 0.2) is 0 Å². The minimum atomic E-state index is -0.746. The second kappa shape index (κ2) is 39.9. The molecule has 0 rings (SSSR count). The molecule has 0 spiro atoms. The minimum Gasteiger partial charge on any atom is -0.394 e. The molecule has 0 bridgehead atoms. The van der Waals surface area contributed by atoms with Crippen molar-refractivity contribution in [1.29, 1.82) is 0 Å². The zero-order chi connectivity index (χ0) is 35.9. The average molecular weight is 694 g/mol. The maximum atomic E-state index is 12.4. The Kier molecular flexibility index (Phi) is 39.1. The van der Waals surface area contributed by atoms with Gasteiger partial charge in [0.2, 0.25) is 5.91 Å². The van der Waals surface area contributed by atoms with E-state index in [1.54, 1.807) is 0 Å². The van der Waals surface area contributed by atoms with E-state index in [4.69, 9.17) is 0 Å². The highest BCUT2D eigenvalue weighted by molar-refractivity contribution is 5.76. The Balaban J connectivity index is 3.58. The van der Waals surface area contributed by atoms with Gasteiger partial charge in [-0.25, -0.2) is 0 Å². The summed E-state index contributed by atoms with van der Waals surface area (Å²) in [7, 11) is 0. The van der Waals surface area contributed by atoms with E-state index < -0.39 is 18.2 Å². The number of aliphatic hydroxyl groups is 3. The van der Waals surface area contributed by atoms with E-state index in [0.29, 0.717) is 12.8 Å². The molecule has 49 heavy (non-hydrogen) atoms. The largest absolute Gasteiger partial charge is 0.394 e. The van der Waals surface area contributed by atoms with Gasteiger partial charge >= 0.3 is 0 Å². The molecule has 0 saturated carbocycles. The van der Waals surface area contributed by atoms with Crippen LogP contribution in [-0.4, -0.2) is 46.1 Å². The van der Waals surface area contributed by atoms with Gasteiger partial charge < -0.3 is 20.6 Å². The van der Waals surface area contributed by atoms with Crippen LogP contribution >= 0.6 is 0 Å². The van der Waals surface area contributed by atoms with Crippen LogP contribution in [0.25, 0.3) is 0 Å². The lowest BCUT2D eigenvalue weighted by Crippen LogP contribution is -2.46. The summed E-state index contributed by atoms with van der Waals surface area (Å²) in [5.41, 5.74) is 0. The van der Waals surface area contributed by atoms with Gasteiger partial charge in [-0.3, -0.25) is 4.79 Å². The quantitative estimate of drug-likeness (QED) is 0.0380. The molecular weight excluding hydrogens is 606 g/mol. The van der Waals surface area contributed by atoms with Crippen LogP contribution in [0.5, 0.6) is 0 Å². The predicted octanol–water partition coefficient (Wildman–Crippen LogP) is 12.4. The molecule has 0 aromatic heterocycles. The monoisotopic (exact) mass is 694 g/mol. The summed E-state index contributed by atoms with van der Waals surface area (Å²) in [5.74, 6) is -0.285. The number of carbonyl (C=O) groups excluding carboxylic acids is 1. The number of aliphatic hydroxyl groups excluding tert-OH is 3. The molecule has 0 radical (unpaired) electrons. The first-order valence-corrected chi connectivity index (χ1v) is 22.0. The van der Waals surface area contributed by atoms with Crippen molar-refractivity contribution < 1.29 is 20.1 Å². The summed E-state index contributed by atoms with van der Waals surface area (Å²) < 4.78 is 0. The molecule has 0 aliphatic heterocycles. The highest BCUT2D eigenvalue weighted by atomic mass is 16.3. The highest BCUT2D eigenvalue weighted by Crippen LogP contribution is 2.16. The van der Waals surface area contributed by atoms with Crippen molar-refractivity contribution in [3.63, 3.8) is 0 Å². The van der Waals surface area contributed by atoms with Crippen LogP contribution in [0, 0.1) is 0 Å². The Morgan fingerprint density at radius 3 is 1.18 bits per heavy atom. The molecule has 0 aromatic carbocycles. The van der Waals surface area contributed by atoms with E-state index in [0.717, 1.165) is 25.7 Å². The topological polar surface area (TPSA) is 89.8 Å². The van der Waals surface area contributed by atoms with Crippen molar-refractivity contribution in [2.75, 3.05) is 6.61 Å². The zero-order valence-electron chi connectivity index (χ0n) is 33.1. The number of nitrogens with one attached hydrogen (secondary N) is 1. The number of hydrogen-bond donors (Lipinski definition) is 4. The van der Waals surface area contributed by atoms with Crippen LogP contribution in [0.4, 0.5) is 0 Å². The summed E-state index contributed by atoms with van der Waals surface area (Å²) in [6, 6.07) is -0.656. The lowest BCUT2D eigenvalue weighted by atomic mass is 10.0. The molecule has 3 atom stereocenters. The summed E-state index contributed by atoms with van der Waals surface area (Å²) in [6.45, 7) is 4.26. The summed E-state index contributed by atoms with van der Waals surface area (Å²) in [5, 5.41) is 33.3. The molecule has 0 saturated heterocycles. The number of unbranched alkanes of at least 4 members (excludes halogenated alkanes) is 29. The van der Waals surface area contributed by atoms with Gasteiger partial charge in [-0.1, -0.05) is 206 Å². The molecule has 0 fully saturated rings. The molecule has 5 nitrogen and oxygen atoms in total. The molecule has 292 valence electrons. The molecule has 0 aliphatic rings. The van der Waals surface area contributed by atoms with E-state index >= 15 is 0 Å². The van der Waals surface area contributed by atoms with Crippen molar-refractivity contribution in [3.05, 3.63) is 12.2 Å². The van der Waals surface area contributed by atoms with Gasteiger partial charge in [0.1, 0.15) is 0 Å². The fraction of sp³-hybridized carbons (Fsp3) is 0.932.